The lowest BCUT2D eigenvalue weighted by Gasteiger charge is -2.31. The van der Waals surface area contributed by atoms with Crippen LogP contribution in [0.3, 0.4) is 0 Å². The lowest BCUT2D eigenvalue weighted by atomic mass is 9.90. The number of hydrogen-bond acceptors (Lipinski definition) is 4. The number of nitrogens with zero attached hydrogens (tertiary/aromatic N) is 2. The molecule has 5 nitrogen and oxygen atoms in total. The average Bonchev–Trinajstić information content (AvgIpc) is 2.74. The molecule has 1 aliphatic rings. The summed E-state index contributed by atoms with van der Waals surface area (Å²) in [5.41, 5.74) is 0.867. The number of benzene rings is 2. The molecule has 0 aliphatic carbocycles. The molecule has 0 spiro atoms. The van der Waals surface area contributed by atoms with Gasteiger partial charge in [0.15, 0.2) is 0 Å². The molecule has 1 aliphatic heterocycles. The third-order valence-corrected chi connectivity index (χ3v) is 5.27. The van der Waals surface area contributed by atoms with E-state index in [0.717, 1.165) is 43.6 Å². The number of hydrogen-bond donors (Lipinski definition) is 1. The monoisotopic (exact) mass is 380 g/mol. The summed E-state index contributed by atoms with van der Waals surface area (Å²) in [6.45, 7) is 3.31. The van der Waals surface area contributed by atoms with Crippen LogP contribution in [0.25, 0.3) is 10.8 Å². The van der Waals surface area contributed by atoms with Gasteiger partial charge in [0.2, 0.25) is 0 Å². The van der Waals surface area contributed by atoms with Crippen molar-refractivity contribution in [1.82, 2.24) is 15.1 Å². The summed E-state index contributed by atoms with van der Waals surface area (Å²) in [7, 11) is 0. The van der Waals surface area contributed by atoms with Gasteiger partial charge < -0.3 is 9.64 Å². The first-order valence-electron chi connectivity index (χ1n) is 9.60. The summed E-state index contributed by atoms with van der Waals surface area (Å²) in [5.74, 6) is 0.768. The van der Waals surface area contributed by atoms with E-state index in [1.165, 1.54) is 12.1 Å². The second kappa shape index (κ2) is 8.52. The highest BCUT2D eigenvalue weighted by Gasteiger charge is 2.23. The van der Waals surface area contributed by atoms with Crippen molar-refractivity contribution in [3.05, 3.63) is 76.8 Å². The zero-order chi connectivity index (χ0) is 19.3. The molecule has 1 aromatic heterocycles. The van der Waals surface area contributed by atoms with Gasteiger partial charge in [-0.1, -0.05) is 18.2 Å². The van der Waals surface area contributed by atoms with Crippen LogP contribution in [0, 0.1) is 12.2 Å². The Bertz CT molecular complexity index is 979. The largest absolute Gasteiger partial charge is 0.493 e. The molecule has 0 saturated carbocycles. The number of likely N-dealkylation sites (tertiary alicyclic amines) is 1. The van der Waals surface area contributed by atoms with Crippen molar-refractivity contribution in [2.45, 2.75) is 18.8 Å². The number of halogens is 1. The summed E-state index contributed by atoms with van der Waals surface area (Å²) in [5, 5.41) is 8.68. The zero-order valence-corrected chi connectivity index (χ0v) is 15.6. The Labute approximate surface area is 163 Å². The van der Waals surface area contributed by atoms with E-state index in [2.05, 4.69) is 21.5 Å². The second-order valence-corrected chi connectivity index (χ2v) is 7.11. The number of aromatic nitrogens is 2. The highest BCUT2D eigenvalue weighted by molar-refractivity contribution is 5.83. The maximum atomic E-state index is 12.9. The van der Waals surface area contributed by atoms with Gasteiger partial charge in [0.05, 0.1) is 17.7 Å². The van der Waals surface area contributed by atoms with Crippen LogP contribution in [0.15, 0.2) is 53.3 Å². The Morgan fingerprint density at radius 3 is 2.57 bits per heavy atom. The summed E-state index contributed by atoms with van der Waals surface area (Å²) in [4.78, 5) is 14.4. The van der Waals surface area contributed by atoms with Gasteiger partial charge in [-0.3, -0.25) is 4.79 Å². The molecule has 3 aromatic rings. The molecule has 4 rings (SSSR count). The molecule has 0 bridgehead atoms. The van der Waals surface area contributed by atoms with Crippen LogP contribution in [-0.2, 0) is 0 Å². The van der Waals surface area contributed by atoms with E-state index in [1.807, 2.05) is 24.3 Å². The van der Waals surface area contributed by atoms with Gasteiger partial charge in [-0.15, -0.1) is 0 Å². The third-order valence-electron chi connectivity index (χ3n) is 5.27. The molecular formula is C22H23FN3O2. The normalized spacial score (nSPS) is 15.8. The van der Waals surface area contributed by atoms with E-state index in [-0.39, 0.29) is 11.4 Å². The molecular weight excluding hydrogens is 357 g/mol. The Kier molecular flexibility index (Phi) is 5.67. The summed E-state index contributed by atoms with van der Waals surface area (Å²) in [6, 6.07) is 13.7. The van der Waals surface area contributed by atoms with Gasteiger partial charge in [-0.25, -0.2) is 9.49 Å². The Morgan fingerprint density at radius 1 is 1.11 bits per heavy atom. The fourth-order valence-corrected chi connectivity index (χ4v) is 3.76. The SMILES string of the molecule is O=c1[nH]nc(C2CCN(C[CH]COc3ccc(F)cc3)CC2)c2ccccc12. The molecule has 0 atom stereocenters. The van der Waals surface area contributed by atoms with E-state index >= 15 is 0 Å². The van der Waals surface area contributed by atoms with Crippen LogP contribution < -0.4 is 10.3 Å². The number of piperidine rings is 1. The molecule has 1 radical (unpaired) electrons. The number of rotatable bonds is 6. The van der Waals surface area contributed by atoms with Crippen molar-refractivity contribution in [3.8, 4) is 5.75 Å². The highest BCUT2D eigenvalue weighted by atomic mass is 19.1. The molecule has 2 heterocycles. The van der Waals surface area contributed by atoms with Gasteiger partial charge in [-0.2, -0.15) is 5.10 Å². The average molecular weight is 380 g/mol. The van der Waals surface area contributed by atoms with E-state index < -0.39 is 0 Å². The highest BCUT2D eigenvalue weighted by Crippen LogP contribution is 2.30. The summed E-state index contributed by atoms with van der Waals surface area (Å²) >= 11 is 0. The minimum absolute atomic E-state index is 0.132. The lowest BCUT2D eigenvalue weighted by Crippen LogP contribution is -2.35. The van der Waals surface area contributed by atoms with Gasteiger partial charge in [0, 0.05) is 24.3 Å². The molecule has 2 aromatic carbocycles. The minimum atomic E-state index is -0.260. The van der Waals surface area contributed by atoms with E-state index in [9.17, 15) is 9.18 Å². The van der Waals surface area contributed by atoms with E-state index in [0.29, 0.717) is 23.7 Å². The van der Waals surface area contributed by atoms with Gasteiger partial charge >= 0.3 is 0 Å². The molecule has 0 unspecified atom stereocenters. The van der Waals surface area contributed by atoms with Gasteiger partial charge in [0.1, 0.15) is 11.6 Å². The predicted octanol–water partition coefficient (Wildman–Crippen LogP) is 3.52. The van der Waals surface area contributed by atoms with Gasteiger partial charge in [0.25, 0.3) is 5.56 Å². The Balaban J connectivity index is 1.28. The Morgan fingerprint density at radius 2 is 1.82 bits per heavy atom. The number of H-pyrrole nitrogens is 1. The van der Waals surface area contributed by atoms with Crippen molar-refractivity contribution < 1.29 is 9.13 Å². The number of ether oxygens (including phenoxy) is 1. The number of fused-ring (bicyclic) bond motifs is 1. The third kappa shape index (κ3) is 4.22. The Hall–Kier alpha value is -2.73. The van der Waals surface area contributed by atoms with Crippen molar-refractivity contribution >= 4 is 10.8 Å². The van der Waals surface area contributed by atoms with Crippen molar-refractivity contribution in [3.63, 3.8) is 0 Å². The molecule has 6 heteroatoms. The molecule has 1 N–H and O–H groups in total. The molecule has 28 heavy (non-hydrogen) atoms. The zero-order valence-electron chi connectivity index (χ0n) is 15.6. The van der Waals surface area contributed by atoms with Gasteiger partial charge in [-0.05, 0) is 56.3 Å². The number of nitrogens with one attached hydrogen (secondary N) is 1. The first-order chi connectivity index (χ1) is 13.7. The fourth-order valence-electron chi connectivity index (χ4n) is 3.76. The van der Waals surface area contributed by atoms with Crippen LogP contribution >= 0.6 is 0 Å². The lowest BCUT2D eigenvalue weighted by molar-refractivity contribution is 0.216. The molecule has 1 saturated heterocycles. The summed E-state index contributed by atoms with van der Waals surface area (Å²) < 4.78 is 18.5. The second-order valence-electron chi connectivity index (χ2n) is 7.11. The first kappa shape index (κ1) is 18.6. The van der Waals surface area contributed by atoms with Crippen LogP contribution in [0.5, 0.6) is 5.75 Å². The van der Waals surface area contributed by atoms with E-state index in [1.54, 1.807) is 12.1 Å². The maximum Gasteiger partial charge on any atom is 0.272 e. The molecule has 145 valence electrons. The van der Waals surface area contributed by atoms with Crippen LogP contribution in [-0.4, -0.2) is 41.3 Å². The smallest absolute Gasteiger partial charge is 0.272 e. The summed E-state index contributed by atoms with van der Waals surface area (Å²) in [6.07, 6.45) is 4.11. The van der Waals surface area contributed by atoms with Crippen molar-refractivity contribution in [2.24, 2.45) is 0 Å². The van der Waals surface area contributed by atoms with Crippen molar-refractivity contribution in [1.29, 1.82) is 0 Å². The maximum absolute atomic E-state index is 12.9. The van der Waals surface area contributed by atoms with Crippen molar-refractivity contribution in [2.75, 3.05) is 26.2 Å². The quantitative estimate of drug-likeness (QED) is 0.665. The standard InChI is InChI=1S/C22H23FN3O2/c23-17-6-8-18(9-7-17)28-15-3-12-26-13-10-16(11-14-26)21-19-4-1-2-5-20(19)22(27)25-24-21/h1-9,16H,10-15H2,(H,25,27). The predicted molar refractivity (Wildman–Crippen MR) is 107 cm³/mol. The van der Waals surface area contributed by atoms with Crippen LogP contribution in [0.1, 0.15) is 24.5 Å². The molecule has 0 amide bonds. The fraction of sp³-hybridized carbons (Fsp3) is 0.318. The van der Waals surface area contributed by atoms with Crippen LogP contribution in [0.2, 0.25) is 0 Å². The van der Waals surface area contributed by atoms with Crippen LogP contribution in [0.4, 0.5) is 4.39 Å². The molecule has 1 fully saturated rings. The topological polar surface area (TPSA) is 58.2 Å². The minimum Gasteiger partial charge on any atom is -0.493 e. The van der Waals surface area contributed by atoms with E-state index in [4.69, 9.17) is 4.74 Å². The first-order valence-corrected chi connectivity index (χ1v) is 9.60. The number of aromatic amines is 1.